The van der Waals surface area contributed by atoms with E-state index in [9.17, 15) is 18.3 Å². The number of aliphatic hydroxyl groups excluding tert-OH is 1. The topological polar surface area (TPSA) is 154 Å². The summed E-state index contributed by atoms with van der Waals surface area (Å²) in [6, 6.07) is 17.4. The number of carbonyl (C=O) groups is 1. The lowest BCUT2D eigenvalue weighted by molar-refractivity contribution is -0.122. The number of aliphatic hydroxyl groups is 1. The molecule has 3 aromatic carbocycles. The molecule has 12 nitrogen and oxygen atoms in total. The molecule has 6 aromatic rings. The fraction of sp³-hybridized carbons (Fsp3) is 0.378. The van der Waals surface area contributed by atoms with E-state index in [1.165, 1.54) is 0 Å². The molecule has 310 valence electrons. The summed E-state index contributed by atoms with van der Waals surface area (Å²) in [6.07, 6.45) is 6.96. The van der Waals surface area contributed by atoms with Crippen LogP contribution in [0.4, 0.5) is 15.9 Å². The van der Waals surface area contributed by atoms with Crippen molar-refractivity contribution in [3.05, 3.63) is 100 Å². The van der Waals surface area contributed by atoms with Gasteiger partial charge < -0.3 is 14.8 Å². The van der Waals surface area contributed by atoms with Gasteiger partial charge in [0.15, 0.2) is 17.2 Å². The second-order valence-electron chi connectivity index (χ2n) is 17.1. The van der Waals surface area contributed by atoms with Gasteiger partial charge in [0.2, 0.25) is 21.8 Å². The van der Waals surface area contributed by atoms with Gasteiger partial charge in [-0.3, -0.25) is 24.3 Å². The van der Waals surface area contributed by atoms with E-state index in [-0.39, 0.29) is 17.7 Å². The van der Waals surface area contributed by atoms with Gasteiger partial charge in [0, 0.05) is 61.1 Å². The molecule has 1 amide bonds. The lowest BCUT2D eigenvalue weighted by atomic mass is 9.96. The molecular weight excluding hydrogens is 805 g/mol. The summed E-state index contributed by atoms with van der Waals surface area (Å²) in [6.45, 7) is 6.89. The third-order valence-corrected chi connectivity index (χ3v) is 15.7. The maximum absolute atomic E-state index is 16.3. The molecule has 60 heavy (non-hydrogen) atoms. The third kappa shape index (κ3) is 6.91. The average Bonchev–Trinajstić information content (AvgIpc) is 3.69. The predicted octanol–water partition coefficient (Wildman–Crippen LogP) is 7.82. The van der Waals surface area contributed by atoms with Crippen molar-refractivity contribution in [2.45, 2.75) is 75.8 Å². The molecule has 3 aromatic heterocycles. The largest absolute Gasteiger partial charge is 0.433 e. The lowest BCUT2D eigenvalue weighted by Crippen LogP contribution is -2.42. The number of amides is 1. The highest BCUT2D eigenvalue weighted by Crippen LogP contribution is 2.45. The van der Waals surface area contributed by atoms with Crippen LogP contribution in [0.5, 0.6) is 0 Å². The number of sulfonamides is 1. The van der Waals surface area contributed by atoms with Crippen LogP contribution < -0.4 is 10.0 Å². The first-order valence-corrected chi connectivity index (χ1v) is 22.4. The Bertz CT molecular complexity index is 2830. The Morgan fingerprint density at radius 2 is 1.83 bits per heavy atom. The van der Waals surface area contributed by atoms with Gasteiger partial charge in [-0.2, -0.15) is 0 Å². The lowest BCUT2D eigenvalue weighted by Gasteiger charge is -2.25. The van der Waals surface area contributed by atoms with Crippen molar-refractivity contribution < 1.29 is 27.1 Å². The maximum Gasteiger partial charge on any atom is 0.240 e. The number of nitrogens with zero attached hydrogens (tertiary/aromatic N) is 5. The highest BCUT2D eigenvalue weighted by atomic mass is 35.5. The molecule has 5 heterocycles. The molecule has 15 heteroatoms. The number of nitrogens with one attached hydrogen (secondary N) is 2. The summed E-state index contributed by atoms with van der Waals surface area (Å²) < 4.78 is 49.4. The zero-order valence-corrected chi connectivity index (χ0v) is 34.9. The summed E-state index contributed by atoms with van der Waals surface area (Å²) in [5.41, 5.74) is 7.59. The number of fused-ring (bicyclic) bond motifs is 3. The number of oxazole rings is 1. The van der Waals surface area contributed by atoms with E-state index in [1.54, 1.807) is 13.1 Å². The van der Waals surface area contributed by atoms with E-state index in [2.05, 4.69) is 30.9 Å². The maximum atomic E-state index is 16.3. The number of aromatic nitrogens is 3. The molecule has 10 rings (SSSR count). The van der Waals surface area contributed by atoms with Gasteiger partial charge >= 0.3 is 0 Å². The van der Waals surface area contributed by atoms with Gasteiger partial charge in [-0.15, -0.1) is 0 Å². The molecule has 0 unspecified atom stereocenters. The molecule has 3 fully saturated rings. The molecule has 3 atom stereocenters. The molecule has 2 saturated heterocycles. The van der Waals surface area contributed by atoms with Crippen LogP contribution in [-0.2, 0) is 27.8 Å². The number of halogens is 2. The quantitative estimate of drug-likeness (QED) is 0.124. The number of rotatable bonds is 10. The van der Waals surface area contributed by atoms with Crippen molar-refractivity contribution in [1.82, 2.24) is 29.5 Å². The van der Waals surface area contributed by atoms with Gasteiger partial charge in [0.25, 0.3) is 0 Å². The first-order chi connectivity index (χ1) is 28.9. The van der Waals surface area contributed by atoms with Crippen molar-refractivity contribution >= 4 is 61.0 Å². The average molecular weight is 850 g/mol. The molecule has 2 aliphatic carbocycles. The fourth-order valence-corrected chi connectivity index (χ4v) is 10.8. The first-order valence-electron chi connectivity index (χ1n) is 20.6. The van der Waals surface area contributed by atoms with Crippen LogP contribution in [0.1, 0.15) is 67.3 Å². The minimum atomic E-state index is -3.71. The van der Waals surface area contributed by atoms with Gasteiger partial charge in [0.05, 0.1) is 27.5 Å². The molecule has 4 aliphatic rings. The highest BCUT2D eigenvalue weighted by Gasteiger charge is 2.51. The zero-order chi connectivity index (χ0) is 41.5. The minimum absolute atomic E-state index is 0.106. The van der Waals surface area contributed by atoms with Crippen molar-refractivity contribution in [3.8, 4) is 22.6 Å². The Kier molecular flexibility index (Phi) is 9.71. The van der Waals surface area contributed by atoms with Crippen molar-refractivity contribution in [2.75, 3.05) is 31.5 Å². The third-order valence-electron chi connectivity index (χ3n) is 13.1. The van der Waals surface area contributed by atoms with Gasteiger partial charge in [-0.25, -0.2) is 22.8 Å². The molecular formula is C45H45ClFN7O5S. The number of hydrogen-bond donors (Lipinski definition) is 3. The van der Waals surface area contributed by atoms with E-state index in [4.69, 9.17) is 26.0 Å². The van der Waals surface area contributed by atoms with E-state index < -0.39 is 32.4 Å². The summed E-state index contributed by atoms with van der Waals surface area (Å²) in [5.74, 6) is -0.467. The van der Waals surface area contributed by atoms with E-state index in [0.717, 1.165) is 52.7 Å². The first kappa shape index (κ1) is 39.2. The SMILES string of the molecule is Cc1c(-c2nc3cc4c(c(F)c3o2)CC[C@H]4N2CC[C@@H](C(=O)NS(=O)(=O)C3(C)CC3)C2)cccc1-c1cccc(Nc2nccc3cc(CN4CC[C@@H](O)C4)cnc23)c1Cl. The van der Waals surface area contributed by atoms with Crippen LogP contribution in [0.2, 0.25) is 5.02 Å². The standard InChI is InChI=1S/C45H45ClFN7O5S/c1-25-30(32-7-4-8-35(38(32)46)50-42-40-27(11-16-48-42)19-26(21-49-40)22-53-17-13-29(55)24-53)5-3-6-31(25)44-51-36-20-34-33(39(47)41(36)59-44)9-10-37(34)54-18-12-28(23-54)43(56)52-60(57,58)45(2)14-15-45/h3-8,11,16,19-21,28-29,37,55H,9-10,12-15,17-18,22-24H2,1-2H3,(H,48,50)(H,52,56)/t28-,29-,37-/m1/s1. The van der Waals surface area contributed by atoms with Gasteiger partial charge in [-0.05, 0) is 117 Å². The second-order valence-corrected chi connectivity index (χ2v) is 19.7. The number of likely N-dealkylation sites (tertiary alicyclic amines) is 2. The number of carbonyl (C=O) groups excluding carboxylic acids is 1. The van der Waals surface area contributed by atoms with Crippen molar-refractivity contribution in [1.29, 1.82) is 0 Å². The smallest absolute Gasteiger partial charge is 0.240 e. The number of benzene rings is 3. The van der Waals surface area contributed by atoms with Crippen LogP contribution in [0.25, 0.3) is 44.6 Å². The monoisotopic (exact) mass is 849 g/mol. The summed E-state index contributed by atoms with van der Waals surface area (Å²) in [5, 5.41) is 14.8. The summed E-state index contributed by atoms with van der Waals surface area (Å²) >= 11 is 7.15. The van der Waals surface area contributed by atoms with Crippen molar-refractivity contribution in [2.24, 2.45) is 5.92 Å². The Balaban J connectivity index is 0.890. The number of β-amino-alcohol motifs (C(OH)–C–C–N with tert-alkyl or cyclic N) is 1. The van der Waals surface area contributed by atoms with E-state index in [0.29, 0.717) is 96.3 Å². The number of pyridine rings is 2. The van der Waals surface area contributed by atoms with E-state index in [1.807, 2.05) is 61.7 Å². The summed E-state index contributed by atoms with van der Waals surface area (Å²) in [4.78, 5) is 31.6. The minimum Gasteiger partial charge on any atom is -0.433 e. The Labute approximate surface area is 352 Å². The predicted molar refractivity (Wildman–Crippen MR) is 229 cm³/mol. The Morgan fingerprint density at radius 1 is 1.03 bits per heavy atom. The zero-order valence-electron chi connectivity index (χ0n) is 33.3. The number of anilines is 2. The molecule has 0 radical (unpaired) electrons. The molecule has 0 spiro atoms. The fourth-order valence-electron chi connectivity index (χ4n) is 9.26. The molecule has 3 N–H and O–H groups in total. The van der Waals surface area contributed by atoms with Crippen LogP contribution >= 0.6 is 11.6 Å². The Hall–Kier alpha value is -4.99. The van der Waals surface area contributed by atoms with Crippen LogP contribution in [-0.4, -0.2) is 81.2 Å². The highest BCUT2D eigenvalue weighted by molar-refractivity contribution is 7.91. The Morgan fingerprint density at radius 3 is 2.63 bits per heavy atom. The molecule has 1 saturated carbocycles. The number of hydrogen-bond acceptors (Lipinski definition) is 11. The van der Waals surface area contributed by atoms with Gasteiger partial charge in [-0.1, -0.05) is 35.9 Å². The second kappa shape index (κ2) is 14.9. The van der Waals surface area contributed by atoms with Crippen molar-refractivity contribution in [3.63, 3.8) is 0 Å². The van der Waals surface area contributed by atoms with Crippen LogP contribution in [0.3, 0.4) is 0 Å². The normalized spacial score (nSPS) is 21.5. The van der Waals surface area contributed by atoms with Crippen LogP contribution in [0.15, 0.2) is 71.4 Å². The summed E-state index contributed by atoms with van der Waals surface area (Å²) in [7, 11) is -3.71. The van der Waals surface area contributed by atoms with Gasteiger partial charge in [0.1, 0.15) is 11.0 Å². The molecule has 0 bridgehead atoms. The van der Waals surface area contributed by atoms with E-state index >= 15 is 4.39 Å². The molecule has 2 aliphatic heterocycles. The van der Waals surface area contributed by atoms with Crippen LogP contribution in [0, 0.1) is 18.7 Å².